The van der Waals surface area contributed by atoms with Gasteiger partial charge in [0.15, 0.2) is 0 Å². The van der Waals surface area contributed by atoms with E-state index in [0.29, 0.717) is 6.54 Å². The highest BCUT2D eigenvalue weighted by Crippen LogP contribution is 2.18. The summed E-state index contributed by atoms with van der Waals surface area (Å²) in [4.78, 5) is 16.0. The highest BCUT2D eigenvalue weighted by atomic mass is 16.1. The first-order valence-corrected chi connectivity index (χ1v) is 6.33. The normalized spacial score (nSPS) is 12.4. The molecule has 0 radical (unpaired) electrons. The maximum absolute atomic E-state index is 11.8. The molecule has 4 heteroatoms. The fraction of sp³-hybridized carbons (Fsp3) is 0.333. The first kappa shape index (κ1) is 13.5. The van der Waals surface area contributed by atoms with E-state index in [-0.39, 0.29) is 11.6 Å². The lowest BCUT2D eigenvalue weighted by atomic mass is 9.99. The molecule has 0 fully saturated rings. The van der Waals surface area contributed by atoms with Gasteiger partial charge in [-0.3, -0.25) is 9.36 Å². The van der Waals surface area contributed by atoms with Crippen LogP contribution < -0.4 is 11.3 Å². The Balaban J connectivity index is 2.28. The molecule has 2 aromatic rings. The highest BCUT2D eigenvalue weighted by Gasteiger charge is 2.11. The summed E-state index contributed by atoms with van der Waals surface area (Å²) in [6.07, 6.45) is 1.56. The van der Waals surface area contributed by atoms with Crippen LogP contribution in [0.1, 0.15) is 28.4 Å². The molecule has 100 valence electrons. The van der Waals surface area contributed by atoms with Crippen LogP contribution >= 0.6 is 0 Å². The van der Waals surface area contributed by atoms with Gasteiger partial charge in [-0.1, -0.05) is 23.8 Å². The summed E-state index contributed by atoms with van der Waals surface area (Å²) >= 11 is 0. The third-order valence-electron chi connectivity index (χ3n) is 3.24. The number of aryl methyl sites for hydroxylation is 3. The average molecular weight is 257 g/mol. The minimum Gasteiger partial charge on any atom is -0.322 e. The maximum Gasteiger partial charge on any atom is 0.253 e. The van der Waals surface area contributed by atoms with Crippen LogP contribution in [-0.2, 0) is 6.54 Å². The summed E-state index contributed by atoms with van der Waals surface area (Å²) in [6.45, 7) is 6.31. The van der Waals surface area contributed by atoms with E-state index in [1.807, 2.05) is 13.8 Å². The van der Waals surface area contributed by atoms with Crippen molar-refractivity contribution in [3.05, 3.63) is 63.3 Å². The Bertz CT molecular complexity index is 646. The molecule has 0 saturated carbocycles. The highest BCUT2D eigenvalue weighted by molar-refractivity contribution is 5.32. The molecule has 1 atom stereocenters. The van der Waals surface area contributed by atoms with Crippen LogP contribution in [0.2, 0.25) is 0 Å². The number of nitrogens with zero attached hydrogens (tertiary/aromatic N) is 2. The van der Waals surface area contributed by atoms with Gasteiger partial charge in [0.25, 0.3) is 5.56 Å². The van der Waals surface area contributed by atoms with Crippen molar-refractivity contribution in [2.24, 2.45) is 5.73 Å². The number of hydrogen-bond donors (Lipinski definition) is 1. The Morgan fingerprint density at radius 1 is 1.26 bits per heavy atom. The van der Waals surface area contributed by atoms with Crippen molar-refractivity contribution in [3.8, 4) is 0 Å². The van der Waals surface area contributed by atoms with E-state index < -0.39 is 0 Å². The smallest absolute Gasteiger partial charge is 0.253 e. The van der Waals surface area contributed by atoms with Gasteiger partial charge in [-0.2, -0.15) is 0 Å². The quantitative estimate of drug-likeness (QED) is 0.913. The standard InChI is InChI=1S/C15H19N3O/c1-10-4-5-11(2)13(6-10)14(16)8-18-9-17-12(3)7-15(18)19/h4-7,9,14H,8,16H2,1-3H3. The molecule has 1 aromatic heterocycles. The Hall–Kier alpha value is -1.94. The first-order chi connectivity index (χ1) is 8.97. The van der Waals surface area contributed by atoms with Crippen molar-refractivity contribution in [2.45, 2.75) is 33.4 Å². The predicted octanol–water partition coefficient (Wildman–Crippen LogP) is 1.87. The number of nitrogens with two attached hydrogens (primary N) is 1. The largest absolute Gasteiger partial charge is 0.322 e. The van der Waals surface area contributed by atoms with Crippen molar-refractivity contribution in [2.75, 3.05) is 0 Å². The van der Waals surface area contributed by atoms with E-state index in [4.69, 9.17) is 5.73 Å². The number of benzene rings is 1. The Labute approximate surface area is 112 Å². The fourth-order valence-electron chi connectivity index (χ4n) is 2.12. The van der Waals surface area contributed by atoms with Crippen molar-refractivity contribution >= 4 is 0 Å². The summed E-state index contributed by atoms with van der Waals surface area (Å²) in [6, 6.07) is 7.51. The number of aromatic nitrogens is 2. The lowest BCUT2D eigenvalue weighted by molar-refractivity contribution is 0.550. The molecule has 2 N–H and O–H groups in total. The van der Waals surface area contributed by atoms with Crippen molar-refractivity contribution in [1.29, 1.82) is 0 Å². The number of rotatable bonds is 3. The molecule has 1 unspecified atom stereocenters. The summed E-state index contributed by atoms with van der Waals surface area (Å²) in [5.41, 5.74) is 10.3. The van der Waals surface area contributed by atoms with E-state index in [1.165, 1.54) is 11.6 Å². The molecule has 1 heterocycles. The van der Waals surface area contributed by atoms with Gasteiger partial charge in [0.2, 0.25) is 0 Å². The van der Waals surface area contributed by atoms with Gasteiger partial charge in [0.1, 0.15) is 0 Å². The van der Waals surface area contributed by atoms with Crippen molar-refractivity contribution in [3.63, 3.8) is 0 Å². The number of hydrogen-bond acceptors (Lipinski definition) is 3. The SMILES string of the molecule is Cc1ccc(C)c(C(N)Cn2cnc(C)cc2=O)c1. The molecular weight excluding hydrogens is 238 g/mol. The van der Waals surface area contributed by atoms with E-state index in [0.717, 1.165) is 16.8 Å². The zero-order valence-electron chi connectivity index (χ0n) is 11.6. The first-order valence-electron chi connectivity index (χ1n) is 6.33. The molecule has 0 aliphatic rings. The second-order valence-corrected chi connectivity index (χ2v) is 4.99. The lowest BCUT2D eigenvalue weighted by Crippen LogP contribution is -2.27. The van der Waals surface area contributed by atoms with E-state index in [1.54, 1.807) is 17.8 Å². The van der Waals surface area contributed by atoms with E-state index in [2.05, 4.69) is 23.2 Å². The van der Waals surface area contributed by atoms with Crippen LogP contribution in [0.25, 0.3) is 0 Å². The average Bonchev–Trinajstić information content (AvgIpc) is 2.35. The van der Waals surface area contributed by atoms with Gasteiger partial charge in [0.05, 0.1) is 6.33 Å². The molecule has 1 aromatic carbocycles. The molecule has 0 amide bonds. The van der Waals surface area contributed by atoms with Gasteiger partial charge >= 0.3 is 0 Å². The molecule has 0 spiro atoms. The zero-order valence-corrected chi connectivity index (χ0v) is 11.6. The Kier molecular flexibility index (Phi) is 3.81. The molecule has 0 bridgehead atoms. The van der Waals surface area contributed by atoms with Crippen LogP contribution in [0.4, 0.5) is 0 Å². The summed E-state index contributed by atoms with van der Waals surface area (Å²) < 4.78 is 1.56. The van der Waals surface area contributed by atoms with Gasteiger partial charge in [-0.25, -0.2) is 4.98 Å². The summed E-state index contributed by atoms with van der Waals surface area (Å²) in [5, 5.41) is 0. The fourth-order valence-corrected chi connectivity index (χ4v) is 2.12. The predicted molar refractivity (Wildman–Crippen MR) is 76.1 cm³/mol. The van der Waals surface area contributed by atoms with Gasteiger partial charge < -0.3 is 5.73 Å². The minimum absolute atomic E-state index is 0.0618. The lowest BCUT2D eigenvalue weighted by Gasteiger charge is -2.16. The molecule has 0 saturated heterocycles. The summed E-state index contributed by atoms with van der Waals surface area (Å²) in [5.74, 6) is 0. The van der Waals surface area contributed by atoms with Gasteiger partial charge in [0, 0.05) is 24.3 Å². The molecule has 4 nitrogen and oxygen atoms in total. The molecule has 2 rings (SSSR count). The topological polar surface area (TPSA) is 60.9 Å². The molecule has 0 aliphatic carbocycles. The monoisotopic (exact) mass is 257 g/mol. The van der Waals surface area contributed by atoms with Crippen LogP contribution in [0, 0.1) is 20.8 Å². The van der Waals surface area contributed by atoms with Crippen LogP contribution in [-0.4, -0.2) is 9.55 Å². The van der Waals surface area contributed by atoms with E-state index >= 15 is 0 Å². The second-order valence-electron chi connectivity index (χ2n) is 4.99. The van der Waals surface area contributed by atoms with Crippen molar-refractivity contribution < 1.29 is 0 Å². The van der Waals surface area contributed by atoms with Gasteiger partial charge in [-0.15, -0.1) is 0 Å². The third kappa shape index (κ3) is 3.09. The molecule has 19 heavy (non-hydrogen) atoms. The Morgan fingerprint density at radius 2 is 2.00 bits per heavy atom. The van der Waals surface area contributed by atoms with Crippen LogP contribution in [0.15, 0.2) is 35.4 Å². The minimum atomic E-state index is -0.206. The second kappa shape index (κ2) is 5.36. The summed E-state index contributed by atoms with van der Waals surface area (Å²) in [7, 11) is 0. The Morgan fingerprint density at radius 3 is 2.68 bits per heavy atom. The molecular formula is C15H19N3O. The van der Waals surface area contributed by atoms with Crippen LogP contribution in [0.3, 0.4) is 0 Å². The maximum atomic E-state index is 11.8. The van der Waals surface area contributed by atoms with Gasteiger partial charge in [-0.05, 0) is 31.9 Å². The van der Waals surface area contributed by atoms with E-state index in [9.17, 15) is 4.79 Å². The van der Waals surface area contributed by atoms with Crippen molar-refractivity contribution in [1.82, 2.24) is 9.55 Å². The zero-order chi connectivity index (χ0) is 14.0. The third-order valence-corrected chi connectivity index (χ3v) is 3.24. The van der Waals surface area contributed by atoms with Crippen LogP contribution in [0.5, 0.6) is 0 Å². The molecule has 0 aliphatic heterocycles.